The standard InChI is InChI=1S/C30H33N5O4/c1-4-5-18-39-23-11-9-22(10-12-23)26-24(27(36)25-21(3)34-15-6-8-20(2)29(34)32-25)28(37)30(38)35(26)16-7-14-33-17-13-31-19-33/h6,8-13,15,17,19,26,36H,4-5,7,14,16,18H2,1-3H3/b27-24+. The van der Waals surface area contributed by atoms with Gasteiger partial charge in [0.15, 0.2) is 5.76 Å². The van der Waals surface area contributed by atoms with Crippen LogP contribution < -0.4 is 4.74 Å². The van der Waals surface area contributed by atoms with Crippen molar-refractivity contribution in [1.82, 2.24) is 23.8 Å². The molecule has 0 aliphatic carbocycles. The summed E-state index contributed by atoms with van der Waals surface area (Å²) in [5.74, 6) is -0.889. The van der Waals surface area contributed by atoms with Gasteiger partial charge in [0.1, 0.15) is 17.1 Å². The number of hydrogen-bond acceptors (Lipinski definition) is 6. The third-order valence-electron chi connectivity index (χ3n) is 7.19. The first-order valence-electron chi connectivity index (χ1n) is 13.3. The number of aryl methyl sites for hydroxylation is 3. The Morgan fingerprint density at radius 2 is 1.85 bits per heavy atom. The predicted octanol–water partition coefficient (Wildman–Crippen LogP) is 4.84. The zero-order chi connectivity index (χ0) is 27.5. The summed E-state index contributed by atoms with van der Waals surface area (Å²) in [7, 11) is 0. The van der Waals surface area contributed by atoms with Crippen LogP contribution in [0.2, 0.25) is 0 Å². The van der Waals surface area contributed by atoms with E-state index >= 15 is 0 Å². The topological polar surface area (TPSA) is 102 Å². The molecule has 9 heteroatoms. The summed E-state index contributed by atoms with van der Waals surface area (Å²) in [5, 5.41) is 11.6. The largest absolute Gasteiger partial charge is 0.505 e. The number of ketones is 1. The minimum absolute atomic E-state index is 0.0476. The van der Waals surface area contributed by atoms with E-state index in [9.17, 15) is 14.7 Å². The highest BCUT2D eigenvalue weighted by Gasteiger charge is 2.46. The van der Waals surface area contributed by atoms with E-state index in [-0.39, 0.29) is 11.3 Å². The molecule has 1 aliphatic heterocycles. The molecule has 1 aromatic carbocycles. The first-order valence-corrected chi connectivity index (χ1v) is 13.3. The molecule has 9 nitrogen and oxygen atoms in total. The second-order valence-corrected chi connectivity index (χ2v) is 9.85. The number of carbonyl (C=O) groups excluding carboxylic acids is 2. The number of amides is 1. The maximum Gasteiger partial charge on any atom is 0.295 e. The second kappa shape index (κ2) is 11.1. The molecule has 1 N–H and O–H groups in total. The van der Waals surface area contributed by atoms with E-state index in [0.29, 0.717) is 43.2 Å². The Kier molecular flexibility index (Phi) is 7.49. The number of aliphatic hydroxyl groups is 1. The number of ether oxygens (including phenoxy) is 1. The zero-order valence-corrected chi connectivity index (χ0v) is 22.5. The number of pyridine rings is 1. The van der Waals surface area contributed by atoms with Gasteiger partial charge in [0.2, 0.25) is 0 Å². The third-order valence-corrected chi connectivity index (χ3v) is 7.19. The van der Waals surface area contributed by atoms with Crippen LogP contribution in [-0.2, 0) is 16.1 Å². The van der Waals surface area contributed by atoms with Crippen LogP contribution in [0.25, 0.3) is 11.4 Å². The zero-order valence-electron chi connectivity index (χ0n) is 22.5. The molecule has 39 heavy (non-hydrogen) atoms. The van der Waals surface area contributed by atoms with Crippen molar-refractivity contribution in [2.45, 2.75) is 52.6 Å². The average Bonchev–Trinajstić information content (AvgIpc) is 3.64. The van der Waals surface area contributed by atoms with Gasteiger partial charge in [-0.1, -0.05) is 31.5 Å². The molecular formula is C30H33N5O4. The van der Waals surface area contributed by atoms with E-state index in [1.807, 2.05) is 71.6 Å². The molecule has 0 bridgehead atoms. The smallest absolute Gasteiger partial charge is 0.295 e. The fourth-order valence-corrected chi connectivity index (χ4v) is 5.05. The Hall–Kier alpha value is -4.40. The highest BCUT2D eigenvalue weighted by atomic mass is 16.5. The number of Topliss-reactive ketones (excluding diaryl/α,β-unsaturated/α-hetero) is 1. The number of rotatable bonds is 10. The van der Waals surface area contributed by atoms with Gasteiger partial charge in [0.05, 0.1) is 30.2 Å². The monoisotopic (exact) mass is 527 g/mol. The number of imidazole rings is 2. The molecule has 1 fully saturated rings. The van der Waals surface area contributed by atoms with Gasteiger partial charge < -0.3 is 23.7 Å². The Balaban J connectivity index is 1.55. The molecule has 1 aliphatic rings. The van der Waals surface area contributed by atoms with Crippen LogP contribution in [-0.4, -0.2) is 53.8 Å². The Morgan fingerprint density at radius 1 is 1.05 bits per heavy atom. The molecule has 0 spiro atoms. The lowest BCUT2D eigenvalue weighted by Crippen LogP contribution is -2.31. The van der Waals surface area contributed by atoms with Crippen LogP contribution in [0.3, 0.4) is 0 Å². The van der Waals surface area contributed by atoms with Crippen molar-refractivity contribution < 1.29 is 19.4 Å². The number of nitrogens with zero attached hydrogens (tertiary/aromatic N) is 5. The van der Waals surface area contributed by atoms with Gasteiger partial charge in [0.25, 0.3) is 11.7 Å². The normalized spacial score (nSPS) is 16.9. The van der Waals surface area contributed by atoms with Gasteiger partial charge in [-0.25, -0.2) is 9.97 Å². The van der Waals surface area contributed by atoms with E-state index in [1.54, 1.807) is 17.4 Å². The van der Waals surface area contributed by atoms with Crippen molar-refractivity contribution in [2.75, 3.05) is 13.2 Å². The molecule has 0 saturated carbocycles. The molecule has 1 saturated heterocycles. The maximum atomic E-state index is 13.5. The Labute approximate surface area is 227 Å². The Morgan fingerprint density at radius 3 is 2.54 bits per heavy atom. The van der Waals surface area contributed by atoms with E-state index in [4.69, 9.17) is 4.74 Å². The molecule has 3 aromatic heterocycles. The fraction of sp³-hybridized carbons (Fsp3) is 0.333. The first kappa shape index (κ1) is 26.2. The van der Waals surface area contributed by atoms with Crippen molar-refractivity contribution in [2.24, 2.45) is 0 Å². The minimum Gasteiger partial charge on any atom is -0.505 e. The molecule has 1 unspecified atom stereocenters. The van der Waals surface area contributed by atoms with Gasteiger partial charge in [-0.3, -0.25) is 9.59 Å². The molecule has 5 rings (SSSR count). The average molecular weight is 528 g/mol. The quantitative estimate of drug-likeness (QED) is 0.137. The first-order chi connectivity index (χ1) is 18.9. The molecule has 4 aromatic rings. The molecular weight excluding hydrogens is 494 g/mol. The van der Waals surface area contributed by atoms with Gasteiger partial charge >= 0.3 is 0 Å². The van der Waals surface area contributed by atoms with Crippen LogP contribution in [0.15, 0.2) is 66.9 Å². The lowest BCUT2D eigenvalue weighted by molar-refractivity contribution is -0.139. The third kappa shape index (κ3) is 5.04. The molecule has 1 amide bonds. The summed E-state index contributed by atoms with van der Waals surface area (Å²) in [6, 6.07) is 10.5. The van der Waals surface area contributed by atoms with Crippen molar-refractivity contribution in [3.8, 4) is 5.75 Å². The minimum atomic E-state index is -0.747. The van der Waals surface area contributed by atoms with Crippen molar-refractivity contribution >= 4 is 23.1 Å². The predicted molar refractivity (Wildman–Crippen MR) is 147 cm³/mol. The summed E-state index contributed by atoms with van der Waals surface area (Å²) >= 11 is 0. The van der Waals surface area contributed by atoms with Crippen LogP contribution in [0.1, 0.15) is 54.7 Å². The van der Waals surface area contributed by atoms with Crippen LogP contribution >= 0.6 is 0 Å². The fourth-order valence-electron chi connectivity index (χ4n) is 5.05. The van der Waals surface area contributed by atoms with E-state index in [1.165, 1.54) is 0 Å². The second-order valence-electron chi connectivity index (χ2n) is 9.85. The van der Waals surface area contributed by atoms with E-state index in [0.717, 1.165) is 29.7 Å². The van der Waals surface area contributed by atoms with Gasteiger partial charge in [-0.2, -0.15) is 0 Å². The lowest BCUT2D eigenvalue weighted by Gasteiger charge is -2.25. The number of unbranched alkanes of at least 4 members (excludes halogenated alkanes) is 1. The summed E-state index contributed by atoms with van der Waals surface area (Å²) in [5.41, 5.74) is 3.39. The number of carbonyl (C=O) groups is 2. The van der Waals surface area contributed by atoms with E-state index in [2.05, 4.69) is 16.9 Å². The number of aromatic nitrogens is 4. The SMILES string of the molecule is CCCCOc1ccc(C2/C(=C(\O)c3nc4c(C)cccn4c3C)C(=O)C(=O)N2CCCn2ccnc2)cc1. The molecule has 1 atom stereocenters. The van der Waals surface area contributed by atoms with Crippen LogP contribution in [0, 0.1) is 13.8 Å². The number of aliphatic hydroxyl groups excluding tert-OH is 1. The highest BCUT2D eigenvalue weighted by Crippen LogP contribution is 2.40. The number of benzene rings is 1. The number of hydrogen-bond donors (Lipinski definition) is 1. The van der Waals surface area contributed by atoms with Crippen molar-refractivity contribution in [1.29, 1.82) is 0 Å². The maximum absolute atomic E-state index is 13.5. The van der Waals surface area contributed by atoms with Crippen LogP contribution in [0.5, 0.6) is 5.75 Å². The van der Waals surface area contributed by atoms with Gasteiger partial charge in [0, 0.05) is 31.7 Å². The summed E-state index contributed by atoms with van der Waals surface area (Å²) in [6.45, 7) is 7.48. The summed E-state index contributed by atoms with van der Waals surface area (Å²) in [4.78, 5) is 37.1. The number of likely N-dealkylation sites (tertiary alicyclic amines) is 1. The number of fused-ring (bicyclic) bond motifs is 1. The van der Waals surface area contributed by atoms with Crippen molar-refractivity contribution in [3.63, 3.8) is 0 Å². The summed E-state index contributed by atoms with van der Waals surface area (Å²) < 4.78 is 9.62. The highest BCUT2D eigenvalue weighted by molar-refractivity contribution is 6.46. The van der Waals surface area contributed by atoms with Gasteiger partial charge in [-0.05, 0) is 56.0 Å². The van der Waals surface area contributed by atoms with Crippen molar-refractivity contribution in [3.05, 3.63) is 89.4 Å². The lowest BCUT2D eigenvalue weighted by atomic mass is 9.96. The molecule has 202 valence electrons. The van der Waals surface area contributed by atoms with E-state index < -0.39 is 17.7 Å². The molecule has 0 radical (unpaired) electrons. The Bertz CT molecular complexity index is 1520. The molecule has 4 heterocycles. The van der Waals surface area contributed by atoms with Crippen LogP contribution in [0.4, 0.5) is 0 Å². The summed E-state index contributed by atoms with van der Waals surface area (Å²) in [6.07, 6.45) is 9.75. The van der Waals surface area contributed by atoms with Gasteiger partial charge in [-0.15, -0.1) is 0 Å².